The predicted octanol–water partition coefficient (Wildman–Crippen LogP) is 3.83. The molecule has 2 N–H and O–H groups in total. The van der Waals surface area contributed by atoms with Gasteiger partial charge in [0.1, 0.15) is 5.00 Å². The minimum absolute atomic E-state index is 0.00514. The number of thiophene rings is 1. The highest BCUT2D eigenvalue weighted by Crippen LogP contribution is 2.43. The topological polar surface area (TPSA) is 66.4 Å². The number of rotatable bonds is 3. The molecule has 1 unspecified atom stereocenters. The number of aromatic carboxylic acids is 1. The molecule has 0 saturated heterocycles. The first-order valence-electron chi connectivity index (χ1n) is 6.88. The van der Waals surface area contributed by atoms with Gasteiger partial charge in [0, 0.05) is 10.8 Å². The van der Waals surface area contributed by atoms with Crippen LogP contribution in [-0.2, 0) is 4.79 Å². The van der Waals surface area contributed by atoms with Crippen LogP contribution < -0.4 is 5.32 Å². The van der Waals surface area contributed by atoms with Crippen molar-refractivity contribution in [2.75, 3.05) is 5.32 Å². The summed E-state index contributed by atoms with van der Waals surface area (Å²) in [5, 5.41) is 12.6. The first kappa shape index (κ1) is 15.0. The summed E-state index contributed by atoms with van der Waals surface area (Å²) in [6.45, 7) is 7.87. The van der Waals surface area contributed by atoms with Gasteiger partial charge in [0.05, 0.1) is 5.56 Å². The summed E-state index contributed by atoms with van der Waals surface area (Å²) in [4.78, 5) is 24.7. The van der Waals surface area contributed by atoms with Crippen LogP contribution in [0.4, 0.5) is 5.00 Å². The van der Waals surface area contributed by atoms with Crippen molar-refractivity contribution in [3.63, 3.8) is 0 Å². The smallest absolute Gasteiger partial charge is 0.338 e. The number of hydrogen-bond acceptors (Lipinski definition) is 3. The van der Waals surface area contributed by atoms with E-state index in [2.05, 4.69) is 19.2 Å². The van der Waals surface area contributed by atoms with Crippen molar-refractivity contribution in [2.24, 2.45) is 11.3 Å². The van der Waals surface area contributed by atoms with Gasteiger partial charge < -0.3 is 10.4 Å². The molecule has 110 valence electrons. The Labute approximate surface area is 123 Å². The Hall–Kier alpha value is -1.36. The minimum atomic E-state index is -0.979. The summed E-state index contributed by atoms with van der Waals surface area (Å²) in [5.74, 6) is -1.06. The molecule has 1 amide bonds. The van der Waals surface area contributed by atoms with Crippen molar-refractivity contribution >= 4 is 28.2 Å². The Bertz CT molecular complexity index is 560. The number of aryl methyl sites for hydroxylation is 1. The third kappa shape index (κ3) is 2.59. The zero-order chi connectivity index (χ0) is 15.1. The third-order valence-electron chi connectivity index (χ3n) is 4.41. The fourth-order valence-electron chi connectivity index (χ4n) is 2.98. The standard InChI is InChI=1S/C15H21NO3S/c1-8-9(2)20-13(11(8)14(18)19)16-12(17)10-6-5-7-15(10,3)4/h10H,5-7H2,1-4H3,(H,16,17)(H,18,19). The van der Waals surface area contributed by atoms with E-state index in [0.717, 1.165) is 29.7 Å². The van der Waals surface area contributed by atoms with E-state index in [1.165, 1.54) is 11.3 Å². The zero-order valence-electron chi connectivity index (χ0n) is 12.4. The van der Waals surface area contributed by atoms with E-state index in [1.807, 2.05) is 6.92 Å². The van der Waals surface area contributed by atoms with E-state index < -0.39 is 5.97 Å². The Morgan fingerprint density at radius 1 is 1.35 bits per heavy atom. The van der Waals surface area contributed by atoms with Crippen LogP contribution in [0.5, 0.6) is 0 Å². The Kier molecular flexibility index (Phi) is 3.91. The average Bonchev–Trinajstić information content (AvgIpc) is 2.80. The fourth-order valence-corrected chi connectivity index (χ4v) is 4.04. The first-order chi connectivity index (χ1) is 9.24. The Balaban J connectivity index is 2.25. The van der Waals surface area contributed by atoms with Crippen LogP contribution in [0, 0.1) is 25.2 Å². The number of carbonyl (C=O) groups excluding carboxylic acids is 1. The molecule has 1 atom stereocenters. The van der Waals surface area contributed by atoms with Gasteiger partial charge in [-0.15, -0.1) is 11.3 Å². The quantitative estimate of drug-likeness (QED) is 0.890. The molecule has 1 fully saturated rings. The highest BCUT2D eigenvalue weighted by atomic mass is 32.1. The largest absolute Gasteiger partial charge is 0.478 e. The average molecular weight is 295 g/mol. The van der Waals surface area contributed by atoms with Crippen molar-refractivity contribution in [1.29, 1.82) is 0 Å². The van der Waals surface area contributed by atoms with Gasteiger partial charge in [-0.3, -0.25) is 4.79 Å². The SMILES string of the molecule is Cc1sc(NC(=O)C2CCCC2(C)C)c(C(=O)O)c1C. The van der Waals surface area contributed by atoms with Gasteiger partial charge in [-0.05, 0) is 37.7 Å². The summed E-state index contributed by atoms with van der Waals surface area (Å²) in [7, 11) is 0. The molecule has 1 aromatic heterocycles. The highest BCUT2D eigenvalue weighted by molar-refractivity contribution is 7.16. The van der Waals surface area contributed by atoms with E-state index in [-0.39, 0.29) is 22.8 Å². The maximum Gasteiger partial charge on any atom is 0.338 e. The lowest BCUT2D eigenvalue weighted by Gasteiger charge is -2.25. The van der Waals surface area contributed by atoms with Crippen molar-refractivity contribution in [3.8, 4) is 0 Å². The van der Waals surface area contributed by atoms with Crippen molar-refractivity contribution in [1.82, 2.24) is 0 Å². The van der Waals surface area contributed by atoms with E-state index in [4.69, 9.17) is 0 Å². The predicted molar refractivity (Wildman–Crippen MR) is 80.5 cm³/mol. The van der Waals surface area contributed by atoms with Crippen molar-refractivity contribution in [2.45, 2.75) is 47.0 Å². The second-order valence-electron chi connectivity index (χ2n) is 6.22. The van der Waals surface area contributed by atoms with Crippen molar-refractivity contribution < 1.29 is 14.7 Å². The maximum atomic E-state index is 12.4. The molecule has 0 aliphatic heterocycles. The van der Waals surface area contributed by atoms with Crippen LogP contribution in [0.3, 0.4) is 0 Å². The Morgan fingerprint density at radius 3 is 2.50 bits per heavy atom. The lowest BCUT2D eigenvalue weighted by Crippen LogP contribution is -2.31. The highest BCUT2D eigenvalue weighted by Gasteiger charge is 2.39. The monoisotopic (exact) mass is 295 g/mol. The Morgan fingerprint density at radius 2 is 2.00 bits per heavy atom. The molecule has 2 rings (SSSR count). The number of hydrogen-bond donors (Lipinski definition) is 2. The second-order valence-corrected chi connectivity index (χ2v) is 7.44. The van der Waals surface area contributed by atoms with Gasteiger partial charge >= 0.3 is 5.97 Å². The summed E-state index contributed by atoms with van der Waals surface area (Å²) in [6, 6.07) is 0. The minimum Gasteiger partial charge on any atom is -0.478 e. The number of carboxylic acid groups (broad SMARTS) is 1. The number of carbonyl (C=O) groups is 2. The molecular weight excluding hydrogens is 274 g/mol. The number of nitrogens with one attached hydrogen (secondary N) is 1. The molecule has 0 spiro atoms. The molecular formula is C15H21NO3S. The summed E-state index contributed by atoms with van der Waals surface area (Å²) < 4.78 is 0. The maximum absolute atomic E-state index is 12.4. The third-order valence-corrected chi connectivity index (χ3v) is 5.53. The van der Waals surface area contributed by atoms with Gasteiger partial charge in [-0.25, -0.2) is 4.79 Å². The lowest BCUT2D eigenvalue weighted by molar-refractivity contribution is -0.122. The molecule has 4 nitrogen and oxygen atoms in total. The van der Waals surface area contributed by atoms with Crippen LogP contribution in [0.15, 0.2) is 0 Å². The molecule has 1 saturated carbocycles. The normalized spacial score (nSPS) is 20.9. The first-order valence-corrected chi connectivity index (χ1v) is 7.70. The van der Waals surface area contributed by atoms with E-state index in [9.17, 15) is 14.7 Å². The van der Waals surface area contributed by atoms with Gasteiger partial charge in [-0.2, -0.15) is 0 Å². The molecule has 0 bridgehead atoms. The molecule has 5 heteroatoms. The summed E-state index contributed by atoms with van der Waals surface area (Å²) in [6.07, 6.45) is 2.98. The fraction of sp³-hybridized carbons (Fsp3) is 0.600. The van der Waals surface area contributed by atoms with E-state index in [1.54, 1.807) is 6.92 Å². The molecule has 1 aromatic rings. The lowest BCUT2D eigenvalue weighted by atomic mass is 9.81. The number of anilines is 1. The van der Waals surface area contributed by atoms with Gasteiger partial charge in [-0.1, -0.05) is 20.3 Å². The number of carboxylic acids is 1. The van der Waals surface area contributed by atoms with E-state index >= 15 is 0 Å². The van der Waals surface area contributed by atoms with Gasteiger partial charge in [0.15, 0.2) is 0 Å². The molecule has 0 radical (unpaired) electrons. The second kappa shape index (κ2) is 5.20. The molecule has 0 aromatic carbocycles. The van der Waals surface area contributed by atoms with Crippen LogP contribution >= 0.6 is 11.3 Å². The van der Waals surface area contributed by atoms with Crippen LogP contribution in [0.2, 0.25) is 0 Å². The van der Waals surface area contributed by atoms with Crippen LogP contribution in [-0.4, -0.2) is 17.0 Å². The van der Waals surface area contributed by atoms with Crippen LogP contribution in [0.25, 0.3) is 0 Å². The molecule has 20 heavy (non-hydrogen) atoms. The summed E-state index contributed by atoms with van der Waals surface area (Å²) in [5.41, 5.74) is 0.967. The van der Waals surface area contributed by atoms with Gasteiger partial charge in [0.2, 0.25) is 5.91 Å². The van der Waals surface area contributed by atoms with Crippen molar-refractivity contribution in [3.05, 3.63) is 16.0 Å². The van der Waals surface area contributed by atoms with E-state index in [0.29, 0.717) is 5.00 Å². The van der Waals surface area contributed by atoms with Crippen LogP contribution in [0.1, 0.15) is 53.9 Å². The number of amides is 1. The molecule has 1 heterocycles. The molecule has 1 aliphatic carbocycles. The summed E-state index contributed by atoms with van der Waals surface area (Å²) >= 11 is 1.34. The zero-order valence-corrected chi connectivity index (χ0v) is 13.2. The molecule has 1 aliphatic rings. The van der Waals surface area contributed by atoms with Gasteiger partial charge in [0.25, 0.3) is 0 Å².